The molecule has 1 saturated heterocycles. The highest BCUT2D eigenvalue weighted by molar-refractivity contribution is 5.94. The van der Waals surface area contributed by atoms with Crippen molar-refractivity contribution in [3.8, 4) is 5.75 Å². The third-order valence-electron chi connectivity index (χ3n) is 7.05. The Morgan fingerprint density at radius 3 is 2.69 bits per heavy atom. The molecule has 2 aliphatic rings. The average Bonchev–Trinajstić information content (AvgIpc) is 3.21. The average molecular weight is 475 g/mol. The number of benzene rings is 2. The van der Waals surface area contributed by atoms with Gasteiger partial charge in [-0.3, -0.25) is 14.4 Å². The van der Waals surface area contributed by atoms with Crippen molar-refractivity contribution in [3.05, 3.63) is 82.2 Å². The zero-order chi connectivity index (χ0) is 24.4. The van der Waals surface area contributed by atoms with Gasteiger partial charge in [0.25, 0.3) is 5.91 Å². The number of methoxy groups -OCH3 is 1. The highest BCUT2D eigenvalue weighted by Crippen LogP contribution is 2.27. The number of hydrogen-bond acceptors (Lipinski definition) is 5. The topological polar surface area (TPSA) is 70.8 Å². The van der Waals surface area contributed by atoms with Crippen molar-refractivity contribution in [3.63, 3.8) is 0 Å². The van der Waals surface area contributed by atoms with Crippen LogP contribution < -0.4 is 4.74 Å². The smallest absolute Gasteiger partial charge is 0.274 e. The van der Waals surface area contributed by atoms with Gasteiger partial charge in [0, 0.05) is 50.4 Å². The summed E-state index contributed by atoms with van der Waals surface area (Å²) < 4.78 is 7.40. The van der Waals surface area contributed by atoms with E-state index in [2.05, 4.69) is 42.2 Å². The summed E-state index contributed by atoms with van der Waals surface area (Å²) in [7, 11) is 1.67. The van der Waals surface area contributed by atoms with Crippen molar-refractivity contribution in [2.24, 2.45) is 0 Å². The number of carbonyl (C=O) groups excluding carboxylic acids is 1. The molecule has 3 heterocycles. The fourth-order valence-corrected chi connectivity index (χ4v) is 5.29. The van der Waals surface area contributed by atoms with E-state index in [0.29, 0.717) is 31.9 Å². The van der Waals surface area contributed by atoms with Gasteiger partial charge in [-0.1, -0.05) is 42.0 Å². The van der Waals surface area contributed by atoms with Crippen LogP contribution in [0, 0.1) is 6.92 Å². The van der Waals surface area contributed by atoms with Crippen LogP contribution in [-0.2, 0) is 26.1 Å². The Balaban J connectivity index is 1.45. The lowest BCUT2D eigenvalue weighted by molar-refractivity contribution is 0.0466. The van der Waals surface area contributed by atoms with Crippen LogP contribution in [0.15, 0.2) is 48.5 Å². The molecule has 0 bridgehead atoms. The molecule has 0 spiro atoms. The van der Waals surface area contributed by atoms with Crippen LogP contribution in [0.4, 0.5) is 0 Å². The zero-order valence-corrected chi connectivity index (χ0v) is 20.6. The van der Waals surface area contributed by atoms with Gasteiger partial charge >= 0.3 is 0 Å². The molecule has 1 fully saturated rings. The van der Waals surface area contributed by atoms with E-state index < -0.39 is 6.10 Å². The van der Waals surface area contributed by atoms with E-state index in [0.717, 1.165) is 54.9 Å². The molecule has 5 rings (SSSR count). The minimum absolute atomic E-state index is 0.0678. The molecule has 1 aromatic heterocycles. The second-order valence-electron chi connectivity index (χ2n) is 9.78. The van der Waals surface area contributed by atoms with Crippen LogP contribution in [-0.4, -0.2) is 63.4 Å². The number of carbonyl (C=O) groups is 1. The molecule has 7 heteroatoms. The van der Waals surface area contributed by atoms with E-state index in [9.17, 15) is 9.90 Å². The maximum atomic E-state index is 13.6. The number of aliphatic hydroxyl groups excluding tert-OH is 1. The number of aryl methyl sites for hydroxylation is 1. The fraction of sp³-hybridized carbons (Fsp3) is 0.429. The third-order valence-corrected chi connectivity index (χ3v) is 7.05. The first kappa shape index (κ1) is 23.6. The maximum Gasteiger partial charge on any atom is 0.274 e. The van der Waals surface area contributed by atoms with Crippen molar-refractivity contribution in [1.29, 1.82) is 0 Å². The summed E-state index contributed by atoms with van der Waals surface area (Å²) in [6, 6.07) is 16.6. The van der Waals surface area contributed by atoms with Crippen molar-refractivity contribution < 1.29 is 14.6 Å². The number of β-amino-alcohol motifs (C(OH)–C–C–N with tert-alkyl or cyclic N) is 1. The van der Waals surface area contributed by atoms with Crippen LogP contribution in [0.25, 0.3) is 0 Å². The minimum atomic E-state index is -0.458. The van der Waals surface area contributed by atoms with E-state index in [1.807, 2.05) is 22.9 Å². The van der Waals surface area contributed by atoms with Gasteiger partial charge in [0.1, 0.15) is 5.75 Å². The van der Waals surface area contributed by atoms with Crippen LogP contribution >= 0.6 is 0 Å². The Hall–Kier alpha value is -3.16. The number of piperidine rings is 1. The predicted molar refractivity (Wildman–Crippen MR) is 134 cm³/mol. The zero-order valence-electron chi connectivity index (χ0n) is 20.6. The molecule has 7 nitrogen and oxygen atoms in total. The van der Waals surface area contributed by atoms with Gasteiger partial charge in [0.05, 0.1) is 19.8 Å². The Bertz CT molecular complexity index is 1200. The second-order valence-corrected chi connectivity index (χ2v) is 9.78. The molecule has 1 unspecified atom stereocenters. The van der Waals surface area contributed by atoms with E-state index in [1.54, 1.807) is 12.0 Å². The lowest BCUT2D eigenvalue weighted by Crippen LogP contribution is -2.43. The largest absolute Gasteiger partial charge is 0.497 e. The summed E-state index contributed by atoms with van der Waals surface area (Å²) in [6.07, 6.45) is 1.95. The van der Waals surface area contributed by atoms with Crippen molar-refractivity contribution in [2.75, 3.05) is 26.7 Å². The van der Waals surface area contributed by atoms with Crippen molar-refractivity contribution in [2.45, 2.75) is 51.9 Å². The summed E-state index contributed by atoms with van der Waals surface area (Å²) in [5.74, 6) is 0.744. The van der Waals surface area contributed by atoms with Gasteiger partial charge in [-0.25, -0.2) is 0 Å². The molecule has 0 aliphatic carbocycles. The monoisotopic (exact) mass is 474 g/mol. The molecule has 2 aromatic carbocycles. The second kappa shape index (κ2) is 10.2. The molecule has 2 aliphatic heterocycles. The molecular formula is C28H34N4O3. The van der Waals surface area contributed by atoms with Crippen molar-refractivity contribution in [1.82, 2.24) is 19.6 Å². The lowest BCUT2D eigenvalue weighted by atomic mass is 10.0. The van der Waals surface area contributed by atoms with Gasteiger partial charge in [-0.2, -0.15) is 5.10 Å². The van der Waals surface area contributed by atoms with E-state index in [-0.39, 0.29) is 5.91 Å². The summed E-state index contributed by atoms with van der Waals surface area (Å²) in [5.41, 5.74) is 6.32. The number of aliphatic hydroxyl groups is 1. The van der Waals surface area contributed by atoms with Gasteiger partial charge in [0.2, 0.25) is 0 Å². The van der Waals surface area contributed by atoms with Crippen molar-refractivity contribution >= 4 is 5.91 Å². The number of amides is 1. The molecule has 3 aromatic rings. The summed E-state index contributed by atoms with van der Waals surface area (Å²) in [6.45, 7) is 6.21. The maximum absolute atomic E-state index is 13.6. The number of aromatic nitrogens is 2. The molecule has 1 N–H and O–H groups in total. The minimum Gasteiger partial charge on any atom is -0.497 e. The Labute approximate surface area is 206 Å². The molecule has 0 saturated carbocycles. The van der Waals surface area contributed by atoms with Crippen LogP contribution in [0.2, 0.25) is 0 Å². The molecule has 184 valence electrons. The predicted octanol–water partition coefficient (Wildman–Crippen LogP) is 3.40. The van der Waals surface area contributed by atoms with E-state index in [1.165, 1.54) is 11.1 Å². The number of ether oxygens (including phenoxy) is 1. The number of likely N-dealkylation sites (tertiary alicyclic amines) is 1. The normalized spacial score (nSPS) is 18.4. The molecule has 35 heavy (non-hydrogen) atoms. The molecule has 1 amide bonds. The lowest BCUT2D eigenvalue weighted by Gasteiger charge is -2.31. The van der Waals surface area contributed by atoms with Gasteiger partial charge < -0.3 is 14.7 Å². The molecular weight excluding hydrogens is 440 g/mol. The fourth-order valence-electron chi connectivity index (χ4n) is 5.29. The number of hydrogen-bond donors (Lipinski definition) is 1. The molecule has 1 atom stereocenters. The Kier molecular flexibility index (Phi) is 6.88. The third kappa shape index (κ3) is 5.26. The number of fused-ring (bicyclic) bond motifs is 1. The first-order valence-electron chi connectivity index (χ1n) is 12.5. The highest BCUT2D eigenvalue weighted by atomic mass is 16.5. The van der Waals surface area contributed by atoms with E-state index >= 15 is 0 Å². The van der Waals surface area contributed by atoms with Crippen LogP contribution in [0.5, 0.6) is 5.75 Å². The highest BCUT2D eigenvalue weighted by Gasteiger charge is 2.32. The van der Waals surface area contributed by atoms with Gasteiger partial charge in [-0.15, -0.1) is 0 Å². The molecule has 0 radical (unpaired) electrons. The summed E-state index contributed by atoms with van der Waals surface area (Å²) in [4.78, 5) is 17.8. The first-order chi connectivity index (χ1) is 17.0. The standard InChI is InChI=1S/C28H34N4O3/c1-20-6-3-7-21(14-20)16-30-13-11-26-25(19-30)27(28(34)31-12-5-9-23(33)18-31)29-32(26)17-22-8-4-10-24(15-22)35-2/h3-4,6-8,10,14-15,23,33H,5,9,11-13,16-19H2,1-2H3. The summed E-state index contributed by atoms with van der Waals surface area (Å²) >= 11 is 0. The Morgan fingerprint density at radius 1 is 1.11 bits per heavy atom. The SMILES string of the molecule is COc1cccc(Cn2nc(C(=O)N3CCCC(O)C3)c3c2CCN(Cc2cccc(C)c2)C3)c1. The van der Waals surface area contributed by atoms with Gasteiger partial charge in [0.15, 0.2) is 5.69 Å². The van der Waals surface area contributed by atoms with Crippen LogP contribution in [0.1, 0.15) is 51.3 Å². The van der Waals surface area contributed by atoms with E-state index in [4.69, 9.17) is 9.84 Å². The number of nitrogens with zero attached hydrogens (tertiary/aromatic N) is 4. The van der Waals surface area contributed by atoms with Crippen LogP contribution in [0.3, 0.4) is 0 Å². The number of rotatable bonds is 6. The summed E-state index contributed by atoms with van der Waals surface area (Å²) in [5, 5.41) is 15.0. The Morgan fingerprint density at radius 2 is 1.91 bits per heavy atom. The van der Waals surface area contributed by atoms with Gasteiger partial charge in [-0.05, 0) is 43.0 Å². The first-order valence-corrected chi connectivity index (χ1v) is 12.5. The quantitative estimate of drug-likeness (QED) is 0.593.